The zero-order valence-corrected chi connectivity index (χ0v) is 10.5. The third kappa shape index (κ3) is 2.70. The van der Waals surface area contributed by atoms with Crippen LogP contribution in [0.25, 0.3) is 5.57 Å². The Morgan fingerprint density at radius 3 is 3.00 bits per heavy atom. The molecule has 0 bridgehead atoms. The molecule has 0 unspecified atom stereocenters. The van der Waals surface area contributed by atoms with Crippen LogP contribution in [-0.2, 0) is 0 Å². The highest BCUT2D eigenvalue weighted by atomic mass is 35.5. The molecule has 1 aromatic carbocycles. The highest BCUT2D eigenvalue weighted by Gasteiger charge is 2.18. The molecule has 0 aliphatic heterocycles. The number of halogens is 1. The van der Waals surface area contributed by atoms with E-state index in [2.05, 4.69) is 25.9 Å². The summed E-state index contributed by atoms with van der Waals surface area (Å²) < 4.78 is 0. The van der Waals surface area contributed by atoms with Crippen molar-refractivity contribution in [3.8, 4) is 6.07 Å². The van der Waals surface area contributed by atoms with Gasteiger partial charge in [-0.2, -0.15) is 10.5 Å². The van der Waals surface area contributed by atoms with E-state index in [1.54, 1.807) is 6.07 Å². The molecule has 0 spiro atoms. The largest absolute Gasteiger partial charge is 0.355 e. The number of benzene rings is 1. The van der Waals surface area contributed by atoms with Crippen LogP contribution in [0, 0.1) is 21.4 Å². The van der Waals surface area contributed by atoms with Gasteiger partial charge in [-0.1, -0.05) is 17.7 Å². The van der Waals surface area contributed by atoms with Crippen LogP contribution in [0.15, 0.2) is 24.4 Å². The lowest BCUT2D eigenvalue weighted by atomic mass is 10.2. The fourth-order valence-electron chi connectivity index (χ4n) is 1.39. The lowest BCUT2D eigenvalue weighted by molar-refractivity contribution is -0.383. The third-order valence-corrected chi connectivity index (χ3v) is 2.55. The Hall–Kier alpha value is -2.99. The number of hydrogen-bond donors (Lipinski definition) is 2. The molecule has 0 aliphatic rings. The van der Waals surface area contributed by atoms with Gasteiger partial charge in [0, 0.05) is 6.20 Å². The average molecular weight is 292 g/mol. The first-order chi connectivity index (χ1) is 9.63. The molecule has 9 nitrogen and oxygen atoms in total. The molecule has 2 rings (SSSR count). The molecular formula is C10H6ClN7O2. The maximum Gasteiger partial charge on any atom is 0.311 e. The summed E-state index contributed by atoms with van der Waals surface area (Å²) in [4.78, 5) is 10.3. The van der Waals surface area contributed by atoms with Gasteiger partial charge in [0.1, 0.15) is 22.4 Å². The summed E-state index contributed by atoms with van der Waals surface area (Å²) in [5, 5.41) is 35.3. The topological polar surface area (TPSA) is 133 Å². The smallest absolute Gasteiger partial charge is 0.311 e. The molecule has 0 saturated carbocycles. The maximum atomic E-state index is 10.9. The Kier molecular flexibility index (Phi) is 3.88. The number of nitro benzene ring substituents is 1. The van der Waals surface area contributed by atoms with Crippen molar-refractivity contribution in [3.05, 3.63) is 45.4 Å². The predicted octanol–water partition coefficient (Wildman–Crippen LogP) is 1.74. The number of aromatic nitrogens is 4. The molecule has 0 radical (unpaired) electrons. The van der Waals surface area contributed by atoms with Gasteiger partial charge in [-0.05, 0) is 17.3 Å². The first-order valence-corrected chi connectivity index (χ1v) is 5.55. The van der Waals surface area contributed by atoms with E-state index in [1.165, 1.54) is 18.3 Å². The van der Waals surface area contributed by atoms with E-state index in [9.17, 15) is 10.1 Å². The van der Waals surface area contributed by atoms with Gasteiger partial charge in [-0.3, -0.25) is 10.1 Å². The average Bonchev–Trinajstić information content (AvgIpc) is 2.93. The predicted molar refractivity (Wildman–Crippen MR) is 69.5 cm³/mol. The zero-order chi connectivity index (χ0) is 14.5. The normalized spacial score (nSPS) is 10.9. The van der Waals surface area contributed by atoms with Crippen LogP contribution in [0.5, 0.6) is 0 Å². The van der Waals surface area contributed by atoms with E-state index in [0.29, 0.717) is 0 Å². The van der Waals surface area contributed by atoms with E-state index >= 15 is 0 Å². The van der Waals surface area contributed by atoms with Crippen molar-refractivity contribution in [2.24, 2.45) is 0 Å². The Labute approximate surface area is 117 Å². The molecule has 20 heavy (non-hydrogen) atoms. The van der Waals surface area contributed by atoms with E-state index < -0.39 is 4.92 Å². The van der Waals surface area contributed by atoms with Gasteiger partial charge in [0.2, 0.25) is 5.82 Å². The van der Waals surface area contributed by atoms with E-state index in [1.807, 2.05) is 6.07 Å². The zero-order valence-electron chi connectivity index (χ0n) is 9.74. The number of nitrogens with zero attached hydrogens (tertiary/aromatic N) is 5. The Bertz CT molecular complexity index is 705. The number of nitrogens with one attached hydrogen (secondary N) is 2. The second kappa shape index (κ2) is 5.77. The number of tetrazole rings is 1. The van der Waals surface area contributed by atoms with Crippen molar-refractivity contribution < 1.29 is 4.92 Å². The van der Waals surface area contributed by atoms with Crippen molar-refractivity contribution in [1.29, 1.82) is 5.26 Å². The fourth-order valence-corrected chi connectivity index (χ4v) is 1.63. The highest BCUT2D eigenvalue weighted by molar-refractivity contribution is 6.33. The summed E-state index contributed by atoms with van der Waals surface area (Å²) in [6.07, 6.45) is 1.24. The van der Waals surface area contributed by atoms with Crippen molar-refractivity contribution in [2.45, 2.75) is 0 Å². The molecule has 1 heterocycles. The van der Waals surface area contributed by atoms with E-state index in [0.717, 1.165) is 0 Å². The molecular weight excluding hydrogens is 286 g/mol. The summed E-state index contributed by atoms with van der Waals surface area (Å²) in [5.74, 6) is 0.0738. The Morgan fingerprint density at radius 1 is 1.60 bits per heavy atom. The number of aromatic amines is 1. The summed E-state index contributed by atoms with van der Waals surface area (Å²) in [6.45, 7) is 0. The van der Waals surface area contributed by atoms with Crippen molar-refractivity contribution in [2.75, 3.05) is 5.32 Å². The summed E-state index contributed by atoms with van der Waals surface area (Å²) in [7, 11) is 0. The standard InChI is InChI=1S/C10H6ClN7O2/c11-7-2-1-3-8(9(7)18(19)20)13-5-6(4-12)10-14-16-17-15-10/h1-3,5,13H,(H,14,15,16,17). The summed E-state index contributed by atoms with van der Waals surface area (Å²) in [6, 6.07) is 6.26. The SMILES string of the molecule is N#CC(=CNc1cccc(Cl)c1[N+](=O)[O-])c1nn[nH]n1. The lowest BCUT2D eigenvalue weighted by Gasteiger charge is -2.03. The monoisotopic (exact) mass is 291 g/mol. The second-order valence-electron chi connectivity index (χ2n) is 3.44. The van der Waals surface area contributed by atoms with Crippen LogP contribution in [0.1, 0.15) is 5.82 Å². The van der Waals surface area contributed by atoms with Gasteiger partial charge in [0.05, 0.1) is 4.92 Å². The molecule has 0 atom stereocenters. The number of allylic oxidation sites excluding steroid dienone is 1. The first kappa shape index (κ1) is 13.4. The molecule has 0 aliphatic carbocycles. The van der Waals surface area contributed by atoms with Crippen molar-refractivity contribution in [1.82, 2.24) is 20.6 Å². The molecule has 0 saturated heterocycles. The van der Waals surface area contributed by atoms with Crippen LogP contribution in [0.2, 0.25) is 5.02 Å². The van der Waals surface area contributed by atoms with Crippen LogP contribution >= 0.6 is 11.6 Å². The van der Waals surface area contributed by atoms with Crippen LogP contribution in [-0.4, -0.2) is 25.5 Å². The van der Waals surface area contributed by atoms with Gasteiger partial charge in [0.25, 0.3) is 0 Å². The molecule has 100 valence electrons. The van der Waals surface area contributed by atoms with Crippen LogP contribution < -0.4 is 5.32 Å². The van der Waals surface area contributed by atoms with Crippen molar-refractivity contribution in [3.63, 3.8) is 0 Å². The molecule has 2 N–H and O–H groups in total. The fraction of sp³-hybridized carbons (Fsp3) is 0. The van der Waals surface area contributed by atoms with Gasteiger partial charge in [-0.15, -0.1) is 10.2 Å². The van der Waals surface area contributed by atoms with E-state index in [4.69, 9.17) is 16.9 Å². The maximum absolute atomic E-state index is 10.9. The molecule has 0 amide bonds. The van der Waals surface area contributed by atoms with Crippen LogP contribution in [0.4, 0.5) is 11.4 Å². The Balaban J connectivity index is 2.34. The van der Waals surface area contributed by atoms with Gasteiger partial charge < -0.3 is 5.32 Å². The quantitative estimate of drug-likeness (QED) is 0.497. The van der Waals surface area contributed by atoms with Crippen molar-refractivity contribution >= 4 is 28.5 Å². The van der Waals surface area contributed by atoms with Gasteiger partial charge >= 0.3 is 5.69 Å². The molecule has 0 fully saturated rings. The van der Waals surface area contributed by atoms with E-state index in [-0.39, 0.29) is 27.8 Å². The highest BCUT2D eigenvalue weighted by Crippen LogP contribution is 2.32. The molecule has 1 aromatic heterocycles. The minimum Gasteiger partial charge on any atom is -0.355 e. The lowest BCUT2D eigenvalue weighted by Crippen LogP contribution is -1.98. The first-order valence-electron chi connectivity index (χ1n) is 5.17. The molecule has 2 aromatic rings. The minimum atomic E-state index is -0.612. The number of H-pyrrole nitrogens is 1. The Morgan fingerprint density at radius 2 is 2.40 bits per heavy atom. The number of hydrogen-bond acceptors (Lipinski definition) is 7. The summed E-state index contributed by atoms with van der Waals surface area (Å²) >= 11 is 5.77. The van der Waals surface area contributed by atoms with Gasteiger partial charge in [0.15, 0.2) is 0 Å². The number of rotatable bonds is 4. The number of nitriles is 1. The second-order valence-corrected chi connectivity index (χ2v) is 3.85. The third-order valence-electron chi connectivity index (χ3n) is 2.25. The summed E-state index contributed by atoms with van der Waals surface area (Å²) in [5.41, 5.74) is -0.0670. The molecule has 10 heteroatoms. The number of anilines is 1. The number of para-hydroxylation sites is 1. The van der Waals surface area contributed by atoms with Crippen LogP contribution in [0.3, 0.4) is 0 Å². The minimum absolute atomic E-state index is 0.00790. The van der Waals surface area contributed by atoms with Gasteiger partial charge in [-0.25, -0.2) is 0 Å². The number of nitro groups is 1.